The van der Waals surface area contributed by atoms with Gasteiger partial charge in [0.15, 0.2) is 0 Å². The average Bonchev–Trinajstić information content (AvgIpc) is 3.06. The van der Waals surface area contributed by atoms with E-state index in [0.29, 0.717) is 12.5 Å². The molecule has 98 valence electrons. The third kappa shape index (κ3) is 4.73. The normalized spacial score (nSPS) is 18.6. The molecule has 17 heavy (non-hydrogen) atoms. The monoisotopic (exact) mass is 242 g/mol. The van der Waals surface area contributed by atoms with Crippen LogP contribution in [-0.2, 0) is 9.59 Å². The summed E-state index contributed by atoms with van der Waals surface area (Å²) in [4.78, 5) is 22.8. The zero-order valence-corrected chi connectivity index (χ0v) is 10.7. The van der Waals surface area contributed by atoms with Gasteiger partial charge in [-0.25, -0.2) is 0 Å². The van der Waals surface area contributed by atoms with E-state index in [-0.39, 0.29) is 12.5 Å². The molecule has 0 aromatic heterocycles. The molecule has 0 heterocycles. The Balaban J connectivity index is 2.26. The third-order valence-corrected chi connectivity index (χ3v) is 2.94. The highest BCUT2D eigenvalue weighted by molar-refractivity contribution is 6.35. The van der Waals surface area contributed by atoms with Crippen LogP contribution in [0.4, 0.5) is 0 Å². The number of rotatable bonds is 5. The Kier molecular flexibility index (Phi) is 4.51. The van der Waals surface area contributed by atoms with Crippen molar-refractivity contribution in [3.8, 4) is 0 Å². The smallest absolute Gasteiger partial charge is 0.309 e. The van der Waals surface area contributed by atoms with Crippen LogP contribution in [-0.4, -0.2) is 35.6 Å². The zero-order chi connectivity index (χ0) is 13.1. The van der Waals surface area contributed by atoms with Crippen molar-refractivity contribution in [2.75, 3.05) is 13.1 Å². The van der Waals surface area contributed by atoms with Gasteiger partial charge in [-0.15, -0.1) is 0 Å². The Bertz CT molecular complexity index is 296. The fourth-order valence-electron chi connectivity index (χ4n) is 1.57. The van der Waals surface area contributed by atoms with E-state index in [1.807, 2.05) is 13.8 Å². The number of carbonyl (C=O) groups is 2. The van der Waals surface area contributed by atoms with E-state index in [4.69, 9.17) is 0 Å². The molecular weight excluding hydrogens is 220 g/mol. The van der Waals surface area contributed by atoms with Gasteiger partial charge in [0, 0.05) is 13.1 Å². The number of hydrogen-bond acceptors (Lipinski definition) is 3. The number of amides is 2. The van der Waals surface area contributed by atoms with Crippen LogP contribution in [0, 0.1) is 11.8 Å². The molecular formula is C12H22N2O3. The topological polar surface area (TPSA) is 78.4 Å². The van der Waals surface area contributed by atoms with Gasteiger partial charge >= 0.3 is 11.8 Å². The van der Waals surface area contributed by atoms with Gasteiger partial charge in [-0.3, -0.25) is 9.59 Å². The number of hydrogen-bond donors (Lipinski definition) is 3. The molecule has 1 rings (SSSR count). The maximum Gasteiger partial charge on any atom is 0.309 e. The second-order valence-electron chi connectivity index (χ2n) is 5.42. The van der Waals surface area contributed by atoms with Crippen molar-refractivity contribution in [2.45, 2.75) is 39.2 Å². The summed E-state index contributed by atoms with van der Waals surface area (Å²) in [6, 6.07) is 0. The summed E-state index contributed by atoms with van der Waals surface area (Å²) >= 11 is 0. The highest BCUT2D eigenvalue weighted by Gasteiger charge is 2.40. The standard InChI is InChI=1S/C12H22N2O3/c1-8(2)6-13-10(15)11(16)14-7-12(3,17)9-4-5-9/h8-9,17H,4-7H2,1-3H3,(H,13,15)(H,14,16). The molecule has 0 bridgehead atoms. The van der Waals surface area contributed by atoms with Gasteiger partial charge < -0.3 is 15.7 Å². The lowest BCUT2D eigenvalue weighted by atomic mass is 10.0. The Hall–Kier alpha value is -1.10. The van der Waals surface area contributed by atoms with Crippen LogP contribution in [0.1, 0.15) is 33.6 Å². The number of aliphatic hydroxyl groups is 1. The van der Waals surface area contributed by atoms with Crippen molar-refractivity contribution >= 4 is 11.8 Å². The SMILES string of the molecule is CC(C)CNC(=O)C(=O)NCC(C)(O)C1CC1. The molecule has 0 aromatic rings. The van der Waals surface area contributed by atoms with Crippen LogP contribution in [0.2, 0.25) is 0 Å². The first kappa shape index (κ1) is 14.0. The summed E-state index contributed by atoms with van der Waals surface area (Å²) in [6.07, 6.45) is 1.98. The largest absolute Gasteiger partial charge is 0.388 e. The van der Waals surface area contributed by atoms with Gasteiger partial charge in [-0.05, 0) is 31.6 Å². The molecule has 1 unspecified atom stereocenters. The minimum absolute atomic E-state index is 0.131. The molecule has 2 amide bonds. The van der Waals surface area contributed by atoms with Gasteiger partial charge in [0.1, 0.15) is 0 Å². The molecule has 1 fully saturated rings. The third-order valence-electron chi connectivity index (χ3n) is 2.94. The summed E-state index contributed by atoms with van der Waals surface area (Å²) in [6.45, 7) is 6.21. The summed E-state index contributed by atoms with van der Waals surface area (Å²) < 4.78 is 0. The molecule has 1 atom stereocenters. The van der Waals surface area contributed by atoms with E-state index in [1.165, 1.54) is 0 Å². The van der Waals surface area contributed by atoms with E-state index in [2.05, 4.69) is 10.6 Å². The fourth-order valence-corrected chi connectivity index (χ4v) is 1.57. The summed E-state index contributed by atoms with van der Waals surface area (Å²) in [5.41, 5.74) is -0.895. The molecule has 5 nitrogen and oxygen atoms in total. The van der Waals surface area contributed by atoms with Crippen LogP contribution < -0.4 is 10.6 Å². The van der Waals surface area contributed by atoms with Crippen LogP contribution in [0.3, 0.4) is 0 Å². The zero-order valence-electron chi connectivity index (χ0n) is 10.7. The van der Waals surface area contributed by atoms with E-state index < -0.39 is 17.4 Å². The minimum Gasteiger partial charge on any atom is -0.388 e. The van der Waals surface area contributed by atoms with Crippen molar-refractivity contribution in [1.29, 1.82) is 0 Å². The quantitative estimate of drug-likeness (QED) is 0.595. The Labute approximate surface area is 102 Å². The van der Waals surface area contributed by atoms with Gasteiger partial charge in [-0.2, -0.15) is 0 Å². The van der Waals surface area contributed by atoms with Crippen molar-refractivity contribution in [1.82, 2.24) is 10.6 Å². The van der Waals surface area contributed by atoms with Crippen LogP contribution >= 0.6 is 0 Å². The Morgan fingerprint density at radius 2 is 1.82 bits per heavy atom. The lowest BCUT2D eigenvalue weighted by Gasteiger charge is -2.23. The Morgan fingerprint density at radius 3 is 2.29 bits per heavy atom. The van der Waals surface area contributed by atoms with Crippen LogP contribution in [0.5, 0.6) is 0 Å². The highest BCUT2D eigenvalue weighted by atomic mass is 16.3. The first-order chi connectivity index (χ1) is 7.83. The number of carbonyl (C=O) groups excluding carboxylic acids is 2. The second-order valence-corrected chi connectivity index (χ2v) is 5.42. The van der Waals surface area contributed by atoms with E-state index >= 15 is 0 Å². The molecule has 0 spiro atoms. The van der Waals surface area contributed by atoms with Gasteiger partial charge in [0.05, 0.1) is 5.60 Å². The molecule has 0 aromatic carbocycles. The summed E-state index contributed by atoms with van der Waals surface area (Å²) in [7, 11) is 0. The average molecular weight is 242 g/mol. The molecule has 0 saturated heterocycles. The predicted octanol–water partition coefficient (Wildman–Crippen LogP) is 0.0358. The van der Waals surface area contributed by atoms with Crippen molar-refractivity contribution in [3.63, 3.8) is 0 Å². The van der Waals surface area contributed by atoms with Crippen molar-refractivity contribution < 1.29 is 14.7 Å². The predicted molar refractivity (Wildman–Crippen MR) is 64.2 cm³/mol. The highest BCUT2D eigenvalue weighted by Crippen LogP contribution is 2.38. The molecule has 1 aliphatic rings. The van der Waals surface area contributed by atoms with Crippen LogP contribution in [0.15, 0.2) is 0 Å². The first-order valence-electron chi connectivity index (χ1n) is 6.11. The van der Waals surface area contributed by atoms with E-state index in [1.54, 1.807) is 6.92 Å². The fraction of sp³-hybridized carbons (Fsp3) is 0.833. The summed E-state index contributed by atoms with van der Waals surface area (Å²) in [5.74, 6) is -0.750. The molecule has 1 saturated carbocycles. The van der Waals surface area contributed by atoms with Crippen LogP contribution in [0.25, 0.3) is 0 Å². The summed E-state index contributed by atoms with van der Waals surface area (Å²) in [5, 5.41) is 15.0. The maximum atomic E-state index is 11.4. The van der Waals surface area contributed by atoms with Gasteiger partial charge in [0.25, 0.3) is 0 Å². The number of nitrogens with one attached hydrogen (secondary N) is 2. The van der Waals surface area contributed by atoms with Gasteiger partial charge in [-0.1, -0.05) is 13.8 Å². The van der Waals surface area contributed by atoms with E-state index in [0.717, 1.165) is 12.8 Å². The molecule has 0 radical (unpaired) electrons. The molecule has 5 heteroatoms. The molecule has 1 aliphatic carbocycles. The van der Waals surface area contributed by atoms with Gasteiger partial charge in [0.2, 0.25) is 0 Å². The second kappa shape index (κ2) is 5.49. The first-order valence-corrected chi connectivity index (χ1v) is 6.11. The molecule has 0 aliphatic heterocycles. The maximum absolute atomic E-state index is 11.4. The Morgan fingerprint density at radius 1 is 1.29 bits per heavy atom. The van der Waals surface area contributed by atoms with E-state index in [9.17, 15) is 14.7 Å². The lowest BCUT2D eigenvalue weighted by molar-refractivity contribution is -0.139. The lowest BCUT2D eigenvalue weighted by Crippen LogP contribution is -2.47. The minimum atomic E-state index is -0.895. The molecule has 3 N–H and O–H groups in total. The van der Waals surface area contributed by atoms with Crippen molar-refractivity contribution in [2.24, 2.45) is 11.8 Å². The van der Waals surface area contributed by atoms with Crippen molar-refractivity contribution in [3.05, 3.63) is 0 Å².